The molecule has 1 aromatic carbocycles. The lowest BCUT2D eigenvalue weighted by molar-refractivity contribution is -0.118. The van der Waals surface area contributed by atoms with E-state index in [1.54, 1.807) is 11.8 Å². The minimum atomic E-state index is -0.243. The van der Waals surface area contributed by atoms with E-state index in [0.717, 1.165) is 29.1 Å². The maximum Gasteiger partial charge on any atom is 0.224 e. The first-order chi connectivity index (χ1) is 10.3. The molecule has 4 nitrogen and oxygen atoms in total. The van der Waals surface area contributed by atoms with E-state index >= 15 is 0 Å². The van der Waals surface area contributed by atoms with E-state index in [-0.39, 0.29) is 23.1 Å². The Morgan fingerprint density at radius 2 is 1.95 bits per heavy atom. The van der Waals surface area contributed by atoms with Crippen molar-refractivity contribution in [1.29, 1.82) is 0 Å². The average molecular weight is 298 g/mol. The van der Waals surface area contributed by atoms with Crippen molar-refractivity contribution in [2.24, 2.45) is 5.41 Å². The van der Waals surface area contributed by atoms with Crippen molar-refractivity contribution in [3.63, 3.8) is 0 Å². The third-order valence-electron chi connectivity index (χ3n) is 4.51. The molecule has 1 atom stereocenters. The summed E-state index contributed by atoms with van der Waals surface area (Å²) in [5.74, 6) is 0.0958. The molecular weight excluding hydrogens is 276 g/mol. The van der Waals surface area contributed by atoms with Gasteiger partial charge in [-0.3, -0.25) is 9.59 Å². The number of allylic oxidation sites excluding steroid dienone is 1. The van der Waals surface area contributed by atoms with Gasteiger partial charge >= 0.3 is 0 Å². The van der Waals surface area contributed by atoms with E-state index in [1.165, 1.54) is 0 Å². The van der Waals surface area contributed by atoms with Gasteiger partial charge < -0.3 is 10.2 Å². The second-order valence-corrected chi connectivity index (χ2v) is 7.04. The minimum absolute atomic E-state index is 0.0480. The van der Waals surface area contributed by atoms with Crippen LogP contribution in [0.1, 0.15) is 40.5 Å². The van der Waals surface area contributed by atoms with E-state index in [1.807, 2.05) is 31.2 Å². The molecule has 0 aromatic heterocycles. The quantitative estimate of drug-likeness (QED) is 0.797. The van der Waals surface area contributed by atoms with Crippen molar-refractivity contribution >= 4 is 23.1 Å². The van der Waals surface area contributed by atoms with Gasteiger partial charge in [0.25, 0.3) is 0 Å². The number of carbonyl (C=O) groups excluding carboxylic acids is 2. The van der Waals surface area contributed by atoms with Crippen LogP contribution in [-0.4, -0.2) is 17.7 Å². The summed E-state index contributed by atoms with van der Waals surface area (Å²) in [6.07, 6.45) is 1.35. The Morgan fingerprint density at radius 1 is 1.27 bits per heavy atom. The second kappa shape index (κ2) is 4.97. The number of anilines is 2. The number of fused-ring (bicyclic) bond motifs is 1. The fourth-order valence-electron chi connectivity index (χ4n) is 3.66. The zero-order chi connectivity index (χ0) is 16.1. The van der Waals surface area contributed by atoms with Gasteiger partial charge in [-0.1, -0.05) is 26.0 Å². The Labute approximate surface area is 131 Å². The van der Waals surface area contributed by atoms with Crippen LogP contribution in [0.4, 0.5) is 11.4 Å². The summed E-state index contributed by atoms with van der Waals surface area (Å²) in [6.45, 7) is 7.72. The molecule has 0 bridgehead atoms. The van der Waals surface area contributed by atoms with E-state index in [4.69, 9.17) is 0 Å². The standard InChI is InChI=1S/C18H22N2O2/c1-11-17-14(9-18(3,4)10-16(17)22)19-13-7-5-6-8-15(13)20(11)12(2)21/h5-8,11,19H,9-10H2,1-4H3. The number of amides is 1. The van der Waals surface area contributed by atoms with E-state index < -0.39 is 0 Å². The molecule has 1 N–H and O–H groups in total. The SMILES string of the molecule is CC(=O)N1c2ccccc2NC2=C(C(=O)CC(C)(C)C2)C1C. The molecule has 0 saturated heterocycles. The van der Waals surface area contributed by atoms with Gasteiger partial charge in [0.15, 0.2) is 5.78 Å². The number of nitrogens with one attached hydrogen (secondary N) is 1. The third kappa shape index (κ3) is 2.32. The van der Waals surface area contributed by atoms with E-state index in [9.17, 15) is 9.59 Å². The zero-order valence-electron chi connectivity index (χ0n) is 13.6. The summed E-state index contributed by atoms with van der Waals surface area (Å²) < 4.78 is 0. The van der Waals surface area contributed by atoms with Gasteiger partial charge in [-0.15, -0.1) is 0 Å². The van der Waals surface area contributed by atoms with Crippen molar-refractivity contribution < 1.29 is 9.59 Å². The summed E-state index contributed by atoms with van der Waals surface area (Å²) in [6, 6.07) is 7.50. The average Bonchev–Trinajstić information content (AvgIpc) is 2.50. The normalized spacial score (nSPS) is 23.4. The van der Waals surface area contributed by atoms with Gasteiger partial charge in [-0.2, -0.15) is 0 Å². The predicted octanol–water partition coefficient (Wildman–Crippen LogP) is 3.50. The molecule has 0 saturated carbocycles. The molecule has 2 aliphatic rings. The van der Waals surface area contributed by atoms with Crippen LogP contribution in [0.25, 0.3) is 0 Å². The van der Waals surface area contributed by atoms with Crippen LogP contribution >= 0.6 is 0 Å². The van der Waals surface area contributed by atoms with Crippen LogP contribution in [-0.2, 0) is 9.59 Å². The van der Waals surface area contributed by atoms with Crippen LogP contribution in [0.2, 0.25) is 0 Å². The number of carbonyl (C=O) groups is 2. The van der Waals surface area contributed by atoms with Crippen molar-refractivity contribution in [1.82, 2.24) is 0 Å². The highest BCUT2D eigenvalue weighted by atomic mass is 16.2. The van der Waals surface area contributed by atoms with Gasteiger partial charge in [-0.05, 0) is 30.9 Å². The fourth-order valence-corrected chi connectivity index (χ4v) is 3.66. The largest absolute Gasteiger partial charge is 0.357 e. The molecule has 0 radical (unpaired) electrons. The third-order valence-corrected chi connectivity index (χ3v) is 4.51. The lowest BCUT2D eigenvalue weighted by Crippen LogP contribution is -2.42. The summed E-state index contributed by atoms with van der Waals surface area (Å²) in [5, 5.41) is 3.43. The van der Waals surface area contributed by atoms with Gasteiger partial charge in [0, 0.05) is 24.6 Å². The molecule has 0 spiro atoms. The molecular formula is C18H22N2O2. The number of ketones is 1. The van der Waals surface area contributed by atoms with E-state index in [2.05, 4.69) is 19.2 Å². The molecule has 22 heavy (non-hydrogen) atoms. The Hall–Kier alpha value is -2.10. The topological polar surface area (TPSA) is 49.4 Å². The van der Waals surface area contributed by atoms with Gasteiger partial charge in [-0.25, -0.2) is 0 Å². The molecule has 1 aromatic rings. The van der Waals surface area contributed by atoms with Crippen molar-refractivity contribution in [2.75, 3.05) is 10.2 Å². The first-order valence-corrected chi connectivity index (χ1v) is 7.72. The molecule has 1 amide bonds. The lowest BCUT2D eigenvalue weighted by atomic mass is 9.74. The first-order valence-electron chi connectivity index (χ1n) is 7.72. The van der Waals surface area contributed by atoms with Crippen LogP contribution < -0.4 is 10.2 Å². The number of para-hydroxylation sites is 2. The fraction of sp³-hybridized carbons (Fsp3) is 0.444. The van der Waals surface area contributed by atoms with Gasteiger partial charge in [0.05, 0.1) is 17.4 Å². The monoisotopic (exact) mass is 298 g/mol. The second-order valence-electron chi connectivity index (χ2n) is 7.04. The highest BCUT2D eigenvalue weighted by Crippen LogP contribution is 2.43. The molecule has 1 aliphatic heterocycles. The number of nitrogens with zero attached hydrogens (tertiary/aromatic N) is 1. The highest BCUT2D eigenvalue weighted by molar-refractivity contribution is 6.05. The summed E-state index contributed by atoms with van der Waals surface area (Å²) >= 11 is 0. The van der Waals surface area contributed by atoms with Crippen LogP contribution in [0.15, 0.2) is 35.5 Å². The predicted molar refractivity (Wildman–Crippen MR) is 87.7 cm³/mol. The van der Waals surface area contributed by atoms with Crippen LogP contribution in [0.5, 0.6) is 0 Å². The highest BCUT2D eigenvalue weighted by Gasteiger charge is 2.39. The summed E-state index contributed by atoms with van der Waals surface area (Å²) in [7, 11) is 0. The van der Waals surface area contributed by atoms with Crippen molar-refractivity contribution in [3.05, 3.63) is 35.5 Å². The maximum absolute atomic E-state index is 12.7. The Balaban J connectivity index is 2.19. The molecule has 1 heterocycles. The number of benzene rings is 1. The molecule has 1 aliphatic carbocycles. The number of hydrogen-bond donors (Lipinski definition) is 1. The maximum atomic E-state index is 12.7. The lowest BCUT2D eigenvalue weighted by Gasteiger charge is -2.35. The van der Waals surface area contributed by atoms with Crippen molar-refractivity contribution in [3.8, 4) is 0 Å². The van der Waals surface area contributed by atoms with Crippen molar-refractivity contribution in [2.45, 2.75) is 46.6 Å². The van der Waals surface area contributed by atoms with Crippen LogP contribution in [0.3, 0.4) is 0 Å². The van der Waals surface area contributed by atoms with Gasteiger partial charge in [0.2, 0.25) is 5.91 Å². The molecule has 116 valence electrons. The van der Waals surface area contributed by atoms with Crippen LogP contribution in [0, 0.1) is 5.41 Å². The van der Waals surface area contributed by atoms with Gasteiger partial charge in [0.1, 0.15) is 0 Å². The summed E-state index contributed by atoms with van der Waals surface area (Å²) in [5.41, 5.74) is 3.39. The molecule has 1 unspecified atom stereocenters. The number of Topliss-reactive ketones (excluding diaryl/α,β-unsaturated/α-hetero) is 1. The summed E-state index contributed by atoms with van der Waals surface area (Å²) in [4.78, 5) is 26.6. The first kappa shape index (κ1) is 14.8. The number of rotatable bonds is 0. The number of hydrogen-bond acceptors (Lipinski definition) is 3. The molecule has 4 heteroatoms. The minimum Gasteiger partial charge on any atom is -0.357 e. The Kier molecular flexibility index (Phi) is 3.35. The molecule has 3 rings (SSSR count). The Morgan fingerprint density at radius 3 is 2.64 bits per heavy atom. The van der Waals surface area contributed by atoms with E-state index in [0.29, 0.717) is 6.42 Å². The molecule has 0 fully saturated rings. The smallest absolute Gasteiger partial charge is 0.224 e. The Bertz CT molecular complexity index is 688. The zero-order valence-corrected chi connectivity index (χ0v) is 13.6.